The lowest BCUT2D eigenvalue weighted by Crippen LogP contribution is -2.13. The summed E-state index contributed by atoms with van der Waals surface area (Å²) < 4.78 is 0. The van der Waals surface area contributed by atoms with Gasteiger partial charge in [-0.15, -0.1) is 0 Å². The summed E-state index contributed by atoms with van der Waals surface area (Å²) in [5.74, 6) is 0. The molecule has 66 valence electrons. The van der Waals surface area contributed by atoms with Gasteiger partial charge in [-0.25, -0.2) is 0 Å². The molecule has 0 radical (unpaired) electrons. The Kier molecular flexibility index (Phi) is 3.19. The maximum Gasteiger partial charge on any atom is 0.0574 e. The fraction of sp³-hybridized carbons (Fsp3) is 0.444. The first-order valence-electron chi connectivity index (χ1n) is 4.03. The number of aryl methyl sites for hydroxylation is 1. The Bertz CT molecular complexity index is 250. The third kappa shape index (κ3) is 2.29. The van der Waals surface area contributed by atoms with Crippen LogP contribution in [0.1, 0.15) is 23.7 Å². The number of aliphatic hydroxyl groups excluding tert-OH is 1. The van der Waals surface area contributed by atoms with Crippen molar-refractivity contribution in [2.45, 2.75) is 19.4 Å². The second-order valence-electron chi connectivity index (χ2n) is 2.88. The quantitative estimate of drug-likeness (QED) is 0.697. The minimum absolute atomic E-state index is 0.108. The Labute approximate surface area is 72.2 Å². The van der Waals surface area contributed by atoms with Crippen LogP contribution in [-0.2, 0) is 0 Å². The lowest BCUT2D eigenvalue weighted by Gasteiger charge is -2.08. The molecule has 1 aromatic rings. The SMILES string of the molecule is Cc1ccnc([C@@H](N)CCO)c1. The minimum Gasteiger partial charge on any atom is -0.396 e. The van der Waals surface area contributed by atoms with Crippen molar-refractivity contribution in [3.63, 3.8) is 0 Å². The van der Waals surface area contributed by atoms with Crippen molar-refractivity contribution in [2.75, 3.05) is 6.61 Å². The van der Waals surface area contributed by atoms with E-state index < -0.39 is 0 Å². The normalized spacial score (nSPS) is 12.9. The molecular formula is C9H14N2O. The Morgan fingerprint density at radius 2 is 2.42 bits per heavy atom. The number of hydrogen-bond acceptors (Lipinski definition) is 3. The highest BCUT2D eigenvalue weighted by atomic mass is 16.3. The van der Waals surface area contributed by atoms with Crippen LogP contribution in [-0.4, -0.2) is 16.7 Å². The number of nitrogens with two attached hydrogens (primary N) is 1. The fourth-order valence-electron chi connectivity index (χ4n) is 1.05. The largest absolute Gasteiger partial charge is 0.396 e. The van der Waals surface area contributed by atoms with E-state index in [1.54, 1.807) is 6.20 Å². The molecular weight excluding hydrogens is 152 g/mol. The molecule has 0 aromatic carbocycles. The number of pyridine rings is 1. The van der Waals surface area contributed by atoms with Gasteiger partial charge in [0.25, 0.3) is 0 Å². The van der Waals surface area contributed by atoms with Gasteiger partial charge in [-0.05, 0) is 31.0 Å². The number of aromatic nitrogens is 1. The van der Waals surface area contributed by atoms with Crippen LogP contribution < -0.4 is 5.73 Å². The number of aliphatic hydroxyl groups is 1. The van der Waals surface area contributed by atoms with E-state index in [1.165, 1.54) is 0 Å². The van der Waals surface area contributed by atoms with Crippen LogP contribution >= 0.6 is 0 Å². The topological polar surface area (TPSA) is 59.1 Å². The fourth-order valence-corrected chi connectivity index (χ4v) is 1.05. The predicted molar refractivity (Wildman–Crippen MR) is 47.6 cm³/mol. The number of rotatable bonds is 3. The molecule has 0 unspecified atom stereocenters. The highest BCUT2D eigenvalue weighted by molar-refractivity contribution is 5.16. The van der Waals surface area contributed by atoms with E-state index in [-0.39, 0.29) is 12.6 Å². The van der Waals surface area contributed by atoms with Crippen LogP contribution in [0.4, 0.5) is 0 Å². The lowest BCUT2D eigenvalue weighted by atomic mass is 10.1. The molecule has 0 aliphatic carbocycles. The van der Waals surface area contributed by atoms with Crippen molar-refractivity contribution in [3.8, 4) is 0 Å². The van der Waals surface area contributed by atoms with Gasteiger partial charge in [-0.2, -0.15) is 0 Å². The number of hydrogen-bond donors (Lipinski definition) is 2. The van der Waals surface area contributed by atoms with E-state index in [0.717, 1.165) is 11.3 Å². The Morgan fingerprint density at radius 3 is 3.00 bits per heavy atom. The third-order valence-electron chi connectivity index (χ3n) is 1.76. The van der Waals surface area contributed by atoms with Crippen molar-refractivity contribution < 1.29 is 5.11 Å². The van der Waals surface area contributed by atoms with Gasteiger partial charge in [0.15, 0.2) is 0 Å². The molecule has 0 saturated carbocycles. The monoisotopic (exact) mass is 166 g/mol. The van der Waals surface area contributed by atoms with Gasteiger partial charge < -0.3 is 10.8 Å². The van der Waals surface area contributed by atoms with Crippen molar-refractivity contribution in [3.05, 3.63) is 29.6 Å². The molecule has 0 aliphatic rings. The maximum absolute atomic E-state index is 8.66. The van der Waals surface area contributed by atoms with Crippen LogP contribution in [0.25, 0.3) is 0 Å². The molecule has 1 rings (SSSR count). The molecule has 12 heavy (non-hydrogen) atoms. The molecule has 3 N–H and O–H groups in total. The van der Waals surface area contributed by atoms with Crippen molar-refractivity contribution in [1.82, 2.24) is 4.98 Å². The molecule has 1 atom stereocenters. The summed E-state index contributed by atoms with van der Waals surface area (Å²) in [4.78, 5) is 4.12. The summed E-state index contributed by atoms with van der Waals surface area (Å²) in [6.45, 7) is 2.10. The number of nitrogens with zero attached hydrogens (tertiary/aromatic N) is 1. The third-order valence-corrected chi connectivity index (χ3v) is 1.76. The first-order valence-corrected chi connectivity index (χ1v) is 4.03. The van der Waals surface area contributed by atoms with Crippen molar-refractivity contribution >= 4 is 0 Å². The van der Waals surface area contributed by atoms with E-state index in [9.17, 15) is 0 Å². The standard InChI is InChI=1S/C9H14N2O/c1-7-2-4-11-9(6-7)8(10)3-5-12/h2,4,6,8,12H,3,5,10H2,1H3/t8-/m0/s1. The Morgan fingerprint density at radius 1 is 1.67 bits per heavy atom. The summed E-state index contributed by atoms with van der Waals surface area (Å²) in [6, 6.07) is 3.73. The van der Waals surface area contributed by atoms with Crippen LogP contribution in [0.5, 0.6) is 0 Å². The Balaban J connectivity index is 2.73. The second-order valence-corrected chi connectivity index (χ2v) is 2.88. The zero-order chi connectivity index (χ0) is 8.97. The van der Waals surface area contributed by atoms with Crippen LogP contribution in [0.3, 0.4) is 0 Å². The zero-order valence-corrected chi connectivity index (χ0v) is 7.20. The van der Waals surface area contributed by atoms with E-state index in [0.29, 0.717) is 6.42 Å². The van der Waals surface area contributed by atoms with Gasteiger partial charge in [-0.1, -0.05) is 0 Å². The van der Waals surface area contributed by atoms with Gasteiger partial charge in [0, 0.05) is 18.8 Å². The van der Waals surface area contributed by atoms with Gasteiger partial charge >= 0.3 is 0 Å². The predicted octanol–water partition coefficient (Wildman–Crippen LogP) is 0.772. The van der Waals surface area contributed by atoms with Gasteiger partial charge in [0.05, 0.1) is 5.69 Å². The van der Waals surface area contributed by atoms with E-state index >= 15 is 0 Å². The van der Waals surface area contributed by atoms with E-state index in [2.05, 4.69) is 4.98 Å². The minimum atomic E-state index is -0.144. The molecule has 0 spiro atoms. The maximum atomic E-state index is 8.66. The molecule has 0 bridgehead atoms. The van der Waals surface area contributed by atoms with E-state index in [4.69, 9.17) is 10.8 Å². The smallest absolute Gasteiger partial charge is 0.0574 e. The van der Waals surface area contributed by atoms with Crippen LogP contribution in [0, 0.1) is 6.92 Å². The van der Waals surface area contributed by atoms with Gasteiger partial charge in [0.1, 0.15) is 0 Å². The molecule has 0 aliphatic heterocycles. The first kappa shape index (κ1) is 9.16. The van der Waals surface area contributed by atoms with Crippen LogP contribution in [0.15, 0.2) is 18.3 Å². The first-order chi connectivity index (χ1) is 5.74. The molecule has 3 heteroatoms. The van der Waals surface area contributed by atoms with E-state index in [1.807, 2.05) is 19.1 Å². The summed E-state index contributed by atoms with van der Waals surface area (Å²) in [5, 5.41) is 8.66. The molecule has 0 amide bonds. The molecule has 1 heterocycles. The van der Waals surface area contributed by atoms with Crippen molar-refractivity contribution in [2.24, 2.45) is 5.73 Å². The van der Waals surface area contributed by atoms with Crippen molar-refractivity contribution in [1.29, 1.82) is 0 Å². The lowest BCUT2D eigenvalue weighted by molar-refractivity contribution is 0.275. The Hall–Kier alpha value is -0.930. The second kappa shape index (κ2) is 4.18. The highest BCUT2D eigenvalue weighted by Gasteiger charge is 2.05. The molecule has 0 saturated heterocycles. The molecule has 3 nitrogen and oxygen atoms in total. The average molecular weight is 166 g/mol. The average Bonchev–Trinajstić information content (AvgIpc) is 2.05. The molecule has 1 aromatic heterocycles. The summed E-state index contributed by atoms with van der Waals surface area (Å²) >= 11 is 0. The summed E-state index contributed by atoms with van der Waals surface area (Å²) in [7, 11) is 0. The highest BCUT2D eigenvalue weighted by Crippen LogP contribution is 2.11. The van der Waals surface area contributed by atoms with Crippen LogP contribution in [0.2, 0.25) is 0 Å². The molecule has 0 fully saturated rings. The summed E-state index contributed by atoms with van der Waals surface area (Å²) in [5.41, 5.74) is 7.75. The zero-order valence-electron chi connectivity index (χ0n) is 7.20. The van der Waals surface area contributed by atoms with Gasteiger partial charge in [-0.3, -0.25) is 4.98 Å². The summed E-state index contributed by atoms with van der Waals surface area (Å²) in [6.07, 6.45) is 2.30. The van der Waals surface area contributed by atoms with Gasteiger partial charge in [0.2, 0.25) is 0 Å².